The highest BCUT2D eigenvalue weighted by Gasteiger charge is 2.31. The van der Waals surface area contributed by atoms with Gasteiger partial charge in [-0.3, -0.25) is 4.79 Å². The number of carbonyl (C=O) groups is 1. The van der Waals surface area contributed by atoms with Crippen LogP contribution in [0.1, 0.15) is 9.67 Å². The third-order valence-corrected chi connectivity index (χ3v) is 8.33. The Balaban J connectivity index is 1.43. The minimum Gasteiger partial charge on any atom is -0.335 e. The van der Waals surface area contributed by atoms with Gasteiger partial charge in [0.05, 0.1) is 16.0 Å². The second-order valence-electron chi connectivity index (χ2n) is 6.16. The Hall–Kier alpha value is -2.14. The molecule has 0 bridgehead atoms. The Bertz CT molecular complexity index is 1090. The number of benzene rings is 1. The van der Waals surface area contributed by atoms with E-state index in [2.05, 4.69) is 4.98 Å². The average molecular weight is 438 g/mol. The fourth-order valence-corrected chi connectivity index (χ4v) is 6.09. The first-order chi connectivity index (χ1) is 13.4. The van der Waals surface area contributed by atoms with Crippen LogP contribution < -0.4 is 0 Å². The van der Waals surface area contributed by atoms with Gasteiger partial charge in [-0.15, -0.1) is 22.7 Å². The van der Waals surface area contributed by atoms with Crippen molar-refractivity contribution in [3.8, 4) is 9.88 Å². The van der Waals surface area contributed by atoms with E-state index >= 15 is 0 Å². The van der Waals surface area contributed by atoms with Crippen molar-refractivity contribution in [3.63, 3.8) is 0 Å². The zero-order valence-corrected chi connectivity index (χ0v) is 17.1. The van der Waals surface area contributed by atoms with E-state index in [1.807, 2.05) is 17.5 Å². The summed E-state index contributed by atoms with van der Waals surface area (Å²) < 4.78 is 40.0. The van der Waals surface area contributed by atoms with Crippen LogP contribution in [0, 0.1) is 5.82 Å². The molecule has 3 aromatic rings. The highest BCUT2D eigenvalue weighted by atomic mass is 32.2. The highest BCUT2D eigenvalue weighted by molar-refractivity contribution is 7.89. The van der Waals surface area contributed by atoms with Crippen LogP contribution in [0.2, 0.25) is 0 Å². The largest absolute Gasteiger partial charge is 0.335 e. The van der Waals surface area contributed by atoms with E-state index in [-0.39, 0.29) is 37.0 Å². The predicted octanol–water partition coefficient (Wildman–Crippen LogP) is 3.16. The van der Waals surface area contributed by atoms with E-state index < -0.39 is 15.8 Å². The smallest absolute Gasteiger partial charge is 0.265 e. The Kier molecular flexibility index (Phi) is 5.28. The van der Waals surface area contributed by atoms with E-state index in [1.54, 1.807) is 22.4 Å². The van der Waals surface area contributed by atoms with E-state index in [0.29, 0.717) is 4.88 Å². The summed E-state index contributed by atoms with van der Waals surface area (Å²) in [5, 5.41) is 2.75. The quantitative estimate of drug-likeness (QED) is 0.629. The zero-order chi connectivity index (χ0) is 19.7. The second-order valence-corrected chi connectivity index (χ2v) is 10.1. The molecule has 1 fully saturated rings. The average Bonchev–Trinajstić information content (AvgIpc) is 3.39. The number of amides is 1. The Morgan fingerprint density at radius 3 is 2.57 bits per heavy atom. The molecule has 2 aromatic heterocycles. The Morgan fingerprint density at radius 1 is 1.11 bits per heavy atom. The number of nitrogens with zero attached hydrogens (tertiary/aromatic N) is 3. The number of rotatable bonds is 4. The number of thiazole rings is 1. The molecule has 3 heterocycles. The lowest BCUT2D eigenvalue weighted by atomic mass is 10.3. The van der Waals surface area contributed by atoms with Crippen molar-refractivity contribution >= 4 is 38.6 Å². The van der Waals surface area contributed by atoms with Crippen molar-refractivity contribution in [1.82, 2.24) is 14.2 Å². The maximum atomic E-state index is 13.4. The molecule has 1 aliphatic rings. The molecule has 0 unspecified atom stereocenters. The summed E-state index contributed by atoms with van der Waals surface area (Å²) in [6.45, 7) is 0.890. The number of aromatic nitrogens is 1. The van der Waals surface area contributed by atoms with E-state index in [9.17, 15) is 17.6 Å². The normalized spacial score (nSPS) is 15.7. The fourth-order valence-electron chi connectivity index (χ4n) is 2.95. The van der Waals surface area contributed by atoms with Crippen LogP contribution in [0.4, 0.5) is 4.39 Å². The molecule has 28 heavy (non-hydrogen) atoms. The molecule has 146 valence electrons. The van der Waals surface area contributed by atoms with E-state index in [4.69, 9.17) is 0 Å². The van der Waals surface area contributed by atoms with Gasteiger partial charge in [-0.2, -0.15) is 4.31 Å². The molecule has 10 heteroatoms. The molecule has 0 saturated carbocycles. The third-order valence-electron chi connectivity index (χ3n) is 4.41. The molecule has 1 aromatic carbocycles. The second kappa shape index (κ2) is 7.70. The van der Waals surface area contributed by atoms with Crippen LogP contribution in [0.25, 0.3) is 9.88 Å². The number of hydrogen-bond donors (Lipinski definition) is 0. The maximum absolute atomic E-state index is 13.4. The number of thiophene rings is 1. The van der Waals surface area contributed by atoms with Gasteiger partial charge >= 0.3 is 0 Å². The number of hydrogen-bond acceptors (Lipinski definition) is 6. The maximum Gasteiger partial charge on any atom is 0.265 e. The van der Waals surface area contributed by atoms with Crippen LogP contribution >= 0.6 is 22.7 Å². The molecule has 1 amide bonds. The van der Waals surface area contributed by atoms with Gasteiger partial charge in [-0.1, -0.05) is 12.1 Å². The summed E-state index contributed by atoms with van der Waals surface area (Å²) in [5.41, 5.74) is 0. The first-order valence-electron chi connectivity index (χ1n) is 8.50. The summed E-state index contributed by atoms with van der Waals surface area (Å²) in [4.78, 5) is 20.1. The zero-order valence-electron chi connectivity index (χ0n) is 14.6. The number of sulfonamides is 1. The van der Waals surface area contributed by atoms with Crippen molar-refractivity contribution in [1.29, 1.82) is 0 Å². The van der Waals surface area contributed by atoms with Gasteiger partial charge in [0.25, 0.3) is 5.91 Å². The topological polar surface area (TPSA) is 70.6 Å². The van der Waals surface area contributed by atoms with E-state index in [1.165, 1.54) is 33.8 Å². The Labute approximate surface area is 169 Å². The molecular formula is C18H16FN3O3S3. The monoisotopic (exact) mass is 437 g/mol. The molecule has 0 atom stereocenters. The lowest BCUT2D eigenvalue weighted by Crippen LogP contribution is -2.50. The molecule has 0 aliphatic carbocycles. The van der Waals surface area contributed by atoms with Gasteiger partial charge in [0.2, 0.25) is 10.0 Å². The summed E-state index contributed by atoms with van der Waals surface area (Å²) in [6.07, 6.45) is 1.57. The summed E-state index contributed by atoms with van der Waals surface area (Å²) in [7, 11) is -3.78. The molecule has 1 aliphatic heterocycles. The Morgan fingerprint density at radius 2 is 1.89 bits per heavy atom. The van der Waals surface area contributed by atoms with Gasteiger partial charge < -0.3 is 4.90 Å². The van der Waals surface area contributed by atoms with Crippen LogP contribution in [-0.2, 0) is 10.0 Å². The molecular weight excluding hydrogens is 421 g/mol. The minimum atomic E-state index is -3.78. The van der Waals surface area contributed by atoms with E-state index in [0.717, 1.165) is 16.0 Å². The molecule has 0 radical (unpaired) electrons. The van der Waals surface area contributed by atoms with Gasteiger partial charge in [-0.25, -0.2) is 17.8 Å². The summed E-state index contributed by atoms with van der Waals surface area (Å²) >= 11 is 2.89. The van der Waals surface area contributed by atoms with Gasteiger partial charge in [0, 0.05) is 26.2 Å². The molecule has 0 N–H and O–H groups in total. The van der Waals surface area contributed by atoms with Crippen molar-refractivity contribution in [2.45, 2.75) is 4.90 Å². The third kappa shape index (κ3) is 3.72. The van der Waals surface area contributed by atoms with Crippen molar-refractivity contribution in [2.75, 3.05) is 26.2 Å². The van der Waals surface area contributed by atoms with Crippen molar-refractivity contribution < 1.29 is 17.6 Å². The highest BCUT2D eigenvalue weighted by Crippen LogP contribution is 2.29. The molecule has 6 nitrogen and oxygen atoms in total. The first-order valence-corrected chi connectivity index (χ1v) is 11.6. The minimum absolute atomic E-state index is 0.0738. The lowest BCUT2D eigenvalue weighted by Gasteiger charge is -2.33. The summed E-state index contributed by atoms with van der Waals surface area (Å²) in [5.74, 6) is -0.746. The molecule has 1 saturated heterocycles. The van der Waals surface area contributed by atoms with Crippen molar-refractivity contribution in [2.24, 2.45) is 0 Å². The molecule has 0 spiro atoms. The number of carbonyl (C=O) groups excluding carboxylic acids is 1. The first kappa shape index (κ1) is 19.2. The standard InChI is InChI=1S/C18H16FN3O3S3/c19-13-3-1-4-14(11-13)28(24,25)22-8-6-21(7-9-22)18(23)16-12-20-17(27-16)15-5-2-10-26-15/h1-5,10-12H,6-9H2. The van der Waals surface area contributed by atoms with Gasteiger partial charge in [-0.05, 0) is 29.6 Å². The molecule has 4 rings (SSSR count). The number of halogens is 1. The predicted molar refractivity (Wildman–Crippen MR) is 106 cm³/mol. The van der Waals surface area contributed by atoms with Crippen LogP contribution in [0.3, 0.4) is 0 Å². The van der Waals surface area contributed by atoms with Crippen molar-refractivity contribution in [3.05, 3.63) is 58.7 Å². The lowest BCUT2D eigenvalue weighted by molar-refractivity contribution is 0.0702. The van der Waals surface area contributed by atoms with Gasteiger partial charge in [0.15, 0.2) is 0 Å². The van der Waals surface area contributed by atoms with Crippen LogP contribution in [0.5, 0.6) is 0 Å². The SMILES string of the molecule is O=C(c1cnc(-c2cccs2)s1)N1CCN(S(=O)(=O)c2cccc(F)c2)CC1. The van der Waals surface area contributed by atoms with Crippen LogP contribution in [0.15, 0.2) is 52.9 Å². The fraction of sp³-hybridized carbons (Fsp3) is 0.222. The van der Waals surface area contributed by atoms with Gasteiger partial charge in [0.1, 0.15) is 15.7 Å². The summed E-state index contributed by atoms with van der Waals surface area (Å²) in [6, 6.07) is 8.84. The number of piperazine rings is 1. The van der Waals surface area contributed by atoms with Crippen LogP contribution in [-0.4, -0.2) is 54.7 Å².